The summed E-state index contributed by atoms with van der Waals surface area (Å²) in [5, 5.41) is 0. The molecular weight excluding hydrogens is 354 g/mol. The van der Waals surface area contributed by atoms with Crippen molar-refractivity contribution in [1.82, 2.24) is 14.7 Å². The van der Waals surface area contributed by atoms with Gasteiger partial charge in [-0.1, -0.05) is 20.3 Å². The summed E-state index contributed by atoms with van der Waals surface area (Å²) in [6.07, 6.45) is 5.29. The fourth-order valence-corrected chi connectivity index (χ4v) is 3.59. The second-order valence-electron chi connectivity index (χ2n) is 8.03. The summed E-state index contributed by atoms with van der Waals surface area (Å²) in [7, 11) is 3.94. The molecule has 0 unspecified atom stereocenters. The number of hydrogen-bond donors (Lipinski definition) is 0. The van der Waals surface area contributed by atoms with Gasteiger partial charge < -0.3 is 24.0 Å². The highest BCUT2D eigenvalue weighted by molar-refractivity contribution is 4.65. The molecule has 1 atom stereocenters. The van der Waals surface area contributed by atoms with E-state index in [0.717, 1.165) is 58.6 Å². The molecule has 3 heterocycles. The van der Waals surface area contributed by atoms with Crippen LogP contribution < -0.4 is 0 Å². The van der Waals surface area contributed by atoms with E-state index in [0.29, 0.717) is 0 Å². The fraction of sp³-hybridized carbons (Fsp3) is 1.00. The Balaban J connectivity index is 0.000000212. The maximum atomic E-state index is 5.27. The van der Waals surface area contributed by atoms with Crippen LogP contribution in [0.2, 0.25) is 0 Å². The molecule has 6 nitrogen and oxygen atoms in total. The zero-order valence-electron chi connectivity index (χ0n) is 19.2. The van der Waals surface area contributed by atoms with Gasteiger partial charge in [-0.2, -0.15) is 0 Å². The maximum absolute atomic E-state index is 5.27. The summed E-state index contributed by atoms with van der Waals surface area (Å²) < 4.78 is 15.4. The number of rotatable bonds is 5. The quantitative estimate of drug-likeness (QED) is 0.704. The maximum Gasteiger partial charge on any atom is 0.0594 e. The molecule has 0 aromatic carbocycles. The lowest BCUT2D eigenvalue weighted by molar-refractivity contribution is 0.0263. The van der Waals surface area contributed by atoms with Crippen LogP contribution >= 0.6 is 0 Å². The van der Waals surface area contributed by atoms with Crippen LogP contribution in [0.3, 0.4) is 0 Å². The lowest BCUT2D eigenvalue weighted by Gasteiger charge is -2.25. The first-order chi connectivity index (χ1) is 13.7. The number of ether oxygens (including phenoxy) is 3. The Hall–Kier alpha value is -0.240. The van der Waals surface area contributed by atoms with Gasteiger partial charge in [0.05, 0.1) is 19.8 Å². The molecule has 3 fully saturated rings. The Labute approximate surface area is 174 Å². The van der Waals surface area contributed by atoms with Crippen molar-refractivity contribution in [3.8, 4) is 0 Å². The van der Waals surface area contributed by atoms with E-state index in [1.807, 2.05) is 0 Å². The van der Waals surface area contributed by atoms with E-state index in [2.05, 4.69) is 35.6 Å². The van der Waals surface area contributed by atoms with E-state index in [1.165, 1.54) is 58.4 Å². The smallest absolute Gasteiger partial charge is 0.0594 e. The minimum Gasteiger partial charge on any atom is -0.383 e. The Morgan fingerprint density at radius 3 is 2.21 bits per heavy atom. The van der Waals surface area contributed by atoms with Crippen molar-refractivity contribution in [2.75, 3.05) is 99.5 Å². The molecule has 0 bridgehead atoms. The Bertz CT molecular complexity index is 335. The minimum absolute atomic E-state index is 0.833. The van der Waals surface area contributed by atoms with E-state index >= 15 is 0 Å². The van der Waals surface area contributed by atoms with E-state index in [1.54, 1.807) is 7.11 Å². The molecule has 0 aromatic heterocycles. The molecule has 0 spiro atoms. The third kappa shape index (κ3) is 13.1. The van der Waals surface area contributed by atoms with Gasteiger partial charge in [0.2, 0.25) is 0 Å². The third-order valence-corrected chi connectivity index (χ3v) is 5.81. The Morgan fingerprint density at radius 1 is 0.857 bits per heavy atom. The van der Waals surface area contributed by atoms with E-state index < -0.39 is 0 Å². The van der Waals surface area contributed by atoms with Gasteiger partial charge in [0, 0.05) is 53.0 Å². The summed E-state index contributed by atoms with van der Waals surface area (Å²) in [5.41, 5.74) is 0. The predicted octanol–water partition coefficient (Wildman–Crippen LogP) is 2.43. The lowest BCUT2D eigenvalue weighted by atomic mass is 10.0. The first-order valence-electron chi connectivity index (χ1n) is 11.5. The second-order valence-corrected chi connectivity index (χ2v) is 8.03. The highest BCUT2D eigenvalue weighted by Crippen LogP contribution is 2.15. The summed E-state index contributed by atoms with van der Waals surface area (Å²) in [6.45, 7) is 18.5. The van der Waals surface area contributed by atoms with Crippen LogP contribution in [0.4, 0.5) is 0 Å². The second kappa shape index (κ2) is 17.6. The summed E-state index contributed by atoms with van der Waals surface area (Å²) in [4.78, 5) is 7.28. The summed E-state index contributed by atoms with van der Waals surface area (Å²) in [5.74, 6) is 0.865. The van der Waals surface area contributed by atoms with Crippen LogP contribution in [-0.4, -0.2) is 114 Å². The van der Waals surface area contributed by atoms with Crippen molar-refractivity contribution in [3.05, 3.63) is 0 Å². The van der Waals surface area contributed by atoms with Gasteiger partial charge >= 0.3 is 0 Å². The zero-order chi connectivity index (χ0) is 20.5. The number of hydrogen-bond acceptors (Lipinski definition) is 6. The number of nitrogens with zero attached hydrogens (tertiary/aromatic N) is 3. The topological polar surface area (TPSA) is 37.4 Å². The highest BCUT2D eigenvalue weighted by atomic mass is 16.5. The zero-order valence-corrected chi connectivity index (χ0v) is 19.2. The van der Waals surface area contributed by atoms with E-state index in [4.69, 9.17) is 14.2 Å². The SMILES string of the molecule is CCN1CCCN(C)CC1.CC[C@@H]1CCCOC1.COCCN1CCOCC1. The van der Waals surface area contributed by atoms with Gasteiger partial charge in [-0.15, -0.1) is 0 Å². The minimum atomic E-state index is 0.833. The van der Waals surface area contributed by atoms with Crippen molar-refractivity contribution in [1.29, 1.82) is 0 Å². The van der Waals surface area contributed by atoms with Crippen LogP contribution in [0, 0.1) is 5.92 Å². The first-order valence-corrected chi connectivity index (χ1v) is 11.5. The molecule has 168 valence electrons. The summed E-state index contributed by atoms with van der Waals surface area (Å²) in [6, 6.07) is 0. The van der Waals surface area contributed by atoms with Crippen molar-refractivity contribution < 1.29 is 14.2 Å². The largest absolute Gasteiger partial charge is 0.383 e. The molecule has 0 aromatic rings. The van der Waals surface area contributed by atoms with Gasteiger partial charge in [-0.25, -0.2) is 0 Å². The van der Waals surface area contributed by atoms with Crippen molar-refractivity contribution in [3.63, 3.8) is 0 Å². The van der Waals surface area contributed by atoms with Gasteiger partial charge in [-0.05, 0) is 51.9 Å². The Morgan fingerprint density at radius 2 is 1.64 bits per heavy atom. The first kappa shape index (κ1) is 25.8. The van der Waals surface area contributed by atoms with Gasteiger partial charge in [0.25, 0.3) is 0 Å². The molecule has 0 radical (unpaired) electrons. The summed E-state index contributed by atoms with van der Waals surface area (Å²) >= 11 is 0. The average molecular weight is 402 g/mol. The van der Waals surface area contributed by atoms with Gasteiger partial charge in [0.15, 0.2) is 0 Å². The number of methoxy groups -OCH3 is 1. The molecule has 0 amide bonds. The van der Waals surface area contributed by atoms with Crippen LogP contribution in [0.25, 0.3) is 0 Å². The third-order valence-electron chi connectivity index (χ3n) is 5.81. The normalized spacial score (nSPS) is 25.1. The van der Waals surface area contributed by atoms with Gasteiger partial charge in [-0.3, -0.25) is 4.90 Å². The monoisotopic (exact) mass is 401 g/mol. The van der Waals surface area contributed by atoms with Crippen LogP contribution in [0.1, 0.15) is 39.5 Å². The van der Waals surface area contributed by atoms with Crippen molar-refractivity contribution in [2.24, 2.45) is 5.92 Å². The molecule has 28 heavy (non-hydrogen) atoms. The number of likely N-dealkylation sites (N-methyl/N-ethyl adjacent to an activating group) is 2. The molecule has 0 N–H and O–H groups in total. The van der Waals surface area contributed by atoms with Crippen LogP contribution in [0.5, 0.6) is 0 Å². The van der Waals surface area contributed by atoms with Crippen LogP contribution in [-0.2, 0) is 14.2 Å². The Kier molecular flexibility index (Phi) is 16.2. The fourth-order valence-electron chi connectivity index (χ4n) is 3.59. The lowest BCUT2D eigenvalue weighted by Crippen LogP contribution is -2.38. The van der Waals surface area contributed by atoms with Crippen molar-refractivity contribution >= 4 is 0 Å². The highest BCUT2D eigenvalue weighted by Gasteiger charge is 2.10. The molecular formula is C22H47N3O3. The standard InChI is InChI=1S/C8H18N2.C7H15NO2.C7H14O/c1-3-10-6-4-5-9(2)7-8-10;1-9-5-2-8-3-6-10-7-4-8;1-2-7-4-3-5-8-6-7/h3-8H2,1-2H3;2-7H2,1H3;7H,2-6H2,1H3/t;;7-/m..1/s1. The molecule has 3 aliphatic rings. The molecule has 6 heteroatoms. The molecule has 3 aliphatic heterocycles. The predicted molar refractivity (Wildman–Crippen MR) is 117 cm³/mol. The average Bonchev–Trinajstić information content (AvgIpc) is 2.98. The van der Waals surface area contributed by atoms with Gasteiger partial charge in [0.1, 0.15) is 0 Å². The van der Waals surface area contributed by atoms with E-state index in [9.17, 15) is 0 Å². The van der Waals surface area contributed by atoms with E-state index in [-0.39, 0.29) is 0 Å². The molecule has 3 saturated heterocycles. The van der Waals surface area contributed by atoms with Crippen LogP contribution in [0.15, 0.2) is 0 Å². The number of morpholine rings is 1. The molecule has 0 saturated carbocycles. The molecule has 0 aliphatic carbocycles. The van der Waals surface area contributed by atoms with Crippen molar-refractivity contribution in [2.45, 2.75) is 39.5 Å². The molecule has 3 rings (SSSR count).